The average Bonchev–Trinajstić information content (AvgIpc) is 3.70. The molecule has 0 fully saturated rings. The normalized spacial score (nSPS) is 12.2. The maximum absolute atomic E-state index is 14.1. The summed E-state index contributed by atoms with van der Waals surface area (Å²) in [4.78, 5) is 22.4. The van der Waals surface area contributed by atoms with Crippen LogP contribution in [0, 0.1) is 13.8 Å². The first kappa shape index (κ1) is 25.5. The number of aromatic amines is 1. The number of rotatable bonds is 6. The van der Waals surface area contributed by atoms with Gasteiger partial charge in [0.2, 0.25) is 5.78 Å². The minimum absolute atomic E-state index is 0.178. The van der Waals surface area contributed by atoms with Gasteiger partial charge in [-0.3, -0.25) is 8.77 Å². The van der Waals surface area contributed by atoms with Crippen molar-refractivity contribution in [2.75, 3.05) is 5.73 Å². The number of nitrogens with one attached hydrogen (secondary N) is 1. The zero-order chi connectivity index (χ0) is 29.0. The third-order valence-electron chi connectivity index (χ3n) is 7.18. The summed E-state index contributed by atoms with van der Waals surface area (Å²) < 4.78 is 17.2. The van der Waals surface area contributed by atoms with E-state index in [0.717, 1.165) is 38.9 Å². The summed E-state index contributed by atoms with van der Waals surface area (Å²) in [5.41, 5.74) is 12.7. The second-order valence-electron chi connectivity index (χ2n) is 10.00. The van der Waals surface area contributed by atoms with E-state index < -0.39 is 11.0 Å². The molecular formula is C31H24N8O2S. The molecule has 3 N–H and O–H groups in total. The van der Waals surface area contributed by atoms with Crippen molar-refractivity contribution in [2.45, 2.75) is 18.7 Å². The lowest BCUT2D eigenvalue weighted by molar-refractivity contribution is 0.103. The van der Waals surface area contributed by atoms with E-state index in [0.29, 0.717) is 16.1 Å². The van der Waals surface area contributed by atoms with Crippen molar-refractivity contribution in [1.82, 2.24) is 33.9 Å². The number of fused-ring (bicyclic) bond motifs is 2. The van der Waals surface area contributed by atoms with E-state index in [9.17, 15) is 9.00 Å². The Hall–Kier alpha value is -5.42. The Morgan fingerprint density at radius 3 is 2.52 bits per heavy atom. The lowest BCUT2D eigenvalue weighted by atomic mass is 10.1. The predicted molar refractivity (Wildman–Crippen MR) is 162 cm³/mol. The van der Waals surface area contributed by atoms with Gasteiger partial charge in [0.15, 0.2) is 11.0 Å². The molecule has 3 aromatic carbocycles. The van der Waals surface area contributed by atoms with E-state index in [1.54, 1.807) is 22.4 Å². The number of anilines is 1. The van der Waals surface area contributed by atoms with Crippen LogP contribution in [0.15, 0.2) is 96.3 Å². The van der Waals surface area contributed by atoms with Gasteiger partial charge in [-0.15, -0.1) is 0 Å². The molecule has 4 heterocycles. The van der Waals surface area contributed by atoms with E-state index in [4.69, 9.17) is 5.73 Å². The van der Waals surface area contributed by atoms with Crippen LogP contribution >= 0.6 is 0 Å². The van der Waals surface area contributed by atoms with Crippen molar-refractivity contribution < 1.29 is 9.00 Å². The molecular weight excluding hydrogens is 548 g/mol. The molecule has 0 saturated carbocycles. The Balaban J connectivity index is 1.37. The number of aromatic nitrogens is 7. The highest BCUT2D eigenvalue weighted by Crippen LogP contribution is 2.31. The predicted octanol–water partition coefficient (Wildman–Crippen LogP) is 5.16. The summed E-state index contributed by atoms with van der Waals surface area (Å²) in [6.07, 6.45) is 4.73. The zero-order valence-corrected chi connectivity index (χ0v) is 23.5. The van der Waals surface area contributed by atoms with Gasteiger partial charge in [-0.2, -0.15) is 15.3 Å². The molecule has 206 valence electrons. The quantitative estimate of drug-likeness (QED) is 0.263. The number of ketones is 1. The van der Waals surface area contributed by atoms with E-state index >= 15 is 0 Å². The Morgan fingerprint density at radius 1 is 0.905 bits per heavy atom. The molecule has 0 aliphatic carbocycles. The second kappa shape index (κ2) is 9.89. The Labute approximate surface area is 242 Å². The van der Waals surface area contributed by atoms with Crippen LogP contribution in [-0.4, -0.2) is 43.9 Å². The van der Waals surface area contributed by atoms with Crippen LogP contribution in [0.4, 0.5) is 5.82 Å². The first-order chi connectivity index (χ1) is 20.4. The molecule has 7 rings (SSSR count). The van der Waals surface area contributed by atoms with Gasteiger partial charge < -0.3 is 10.7 Å². The summed E-state index contributed by atoms with van der Waals surface area (Å²) >= 11 is 0. The molecule has 1 unspecified atom stereocenters. The first-order valence-corrected chi connectivity index (χ1v) is 14.2. The first-order valence-electron chi connectivity index (χ1n) is 13.1. The molecule has 0 bridgehead atoms. The molecule has 0 aliphatic heterocycles. The number of nitrogens with two attached hydrogens (primary N) is 1. The van der Waals surface area contributed by atoms with Gasteiger partial charge in [0, 0.05) is 10.9 Å². The minimum Gasteiger partial charge on any atom is -0.383 e. The number of H-pyrrole nitrogens is 1. The van der Waals surface area contributed by atoms with Gasteiger partial charge in [0.25, 0.3) is 0 Å². The lowest BCUT2D eigenvalue weighted by Crippen LogP contribution is -2.15. The Morgan fingerprint density at radius 2 is 1.74 bits per heavy atom. The smallest absolute Gasteiger partial charge is 0.215 e. The SMILES string of the molecule is Cc1ccc(S(=O)n2c(C(=O)c3cnn(-c4ccc5nc(C)[nH]c5c4)c3N)cc3ccc(-c4ccnnc4)cc32)cc1. The van der Waals surface area contributed by atoms with Crippen LogP contribution in [0.1, 0.15) is 27.4 Å². The highest BCUT2D eigenvalue weighted by atomic mass is 32.2. The largest absolute Gasteiger partial charge is 0.383 e. The van der Waals surface area contributed by atoms with Crippen molar-refractivity contribution in [1.29, 1.82) is 0 Å². The van der Waals surface area contributed by atoms with Crippen molar-refractivity contribution >= 4 is 44.5 Å². The highest BCUT2D eigenvalue weighted by Gasteiger charge is 2.26. The fourth-order valence-electron chi connectivity index (χ4n) is 5.05. The van der Waals surface area contributed by atoms with Gasteiger partial charge in [-0.1, -0.05) is 29.8 Å². The minimum atomic E-state index is -1.73. The summed E-state index contributed by atoms with van der Waals surface area (Å²) in [7, 11) is -1.73. The number of imidazole rings is 1. The van der Waals surface area contributed by atoms with E-state index in [-0.39, 0.29) is 22.9 Å². The molecule has 0 saturated heterocycles. The number of hydrogen-bond donors (Lipinski definition) is 2. The van der Waals surface area contributed by atoms with Gasteiger partial charge in [-0.25, -0.2) is 13.9 Å². The second-order valence-corrected chi connectivity index (χ2v) is 11.3. The standard InChI is InChI=1S/C31H24N8O2S/c1-18-3-8-24(9-4-18)42(41)39-28-13-20(22-11-12-33-34-16-22)5-6-21(28)14-29(39)30(40)25-17-35-38(31(25)32)23-7-10-26-27(15-23)37-19(2)36-26/h3-17H,32H2,1-2H3,(H,36,37). The van der Waals surface area contributed by atoms with Crippen molar-refractivity contribution in [2.24, 2.45) is 0 Å². The summed E-state index contributed by atoms with van der Waals surface area (Å²) in [6, 6.07) is 22.3. The third kappa shape index (κ3) is 4.27. The Kier molecular flexibility index (Phi) is 6.02. The zero-order valence-electron chi connectivity index (χ0n) is 22.6. The average molecular weight is 573 g/mol. The number of hydrogen-bond acceptors (Lipinski definition) is 7. The topological polar surface area (TPSA) is 137 Å². The van der Waals surface area contributed by atoms with Crippen molar-refractivity contribution in [3.8, 4) is 16.8 Å². The summed E-state index contributed by atoms with van der Waals surface area (Å²) in [5.74, 6) is 0.585. The third-order valence-corrected chi connectivity index (χ3v) is 8.58. The van der Waals surface area contributed by atoms with Gasteiger partial charge >= 0.3 is 0 Å². The summed E-state index contributed by atoms with van der Waals surface area (Å²) in [5, 5.41) is 13.0. The van der Waals surface area contributed by atoms with E-state index in [1.807, 2.05) is 80.6 Å². The number of carbonyl (C=O) groups is 1. The van der Waals surface area contributed by atoms with Crippen LogP contribution in [0.2, 0.25) is 0 Å². The fourth-order valence-corrected chi connectivity index (χ4v) is 6.28. The number of aryl methyl sites for hydroxylation is 2. The molecule has 0 radical (unpaired) electrons. The van der Waals surface area contributed by atoms with Crippen LogP contribution in [0.25, 0.3) is 38.8 Å². The van der Waals surface area contributed by atoms with Gasteiger partial charge in [0.05, 0.1) is 51.3 Å². The van der Waals surface area contributed by atoms with Crippen LogP contribution in [-0.2, 0) is 11.0 Å². The number of nitrogen functional groups attached to an aromatic ring is 1. The molecule has 0 amide bonds. The van der Waals surface area contributed by atoms with Gasteiger partial charge in [-0.05, 0) is 67.9 Å². The molecule has 0 spiro atoms. The summed E-state index contributed by atoms with van der Waals surface area (Å²) in [6.45, 7) is 3.85. The van der Waals surface area contributed by atoms with E-state index in [1.165, 1.54) is 10.9 Å². The van der Waals surface area contributed by atoms with Crippen LogP contribution in [0.5, 0.6) is 0 Å². The van der Waals surface area contributed by atoms with E-state index in [2.05, 4.69) is 25.3 Å². The van der Waals surface area contributed by atoms with Crippen molar-refractivity contribution in [3.63, 3.8) is 0 Å². The van der Waals surface area contributed by atoms with Crippen molar-refractivity contribution in [3.05, 3.63) is 114 Å². The number of benzene rings is 3. The molecule has 1 atom stereocenters. The monoisotopic (exact) mass is 572 g/mol. The molecule has 11 heteroatoms. The lowest BCUT2D eigenvalue weighted by Gasteiger charge is -2.11. The number of carbonyl (C=O) groups excluding carboxylic acids is 1. The Bertz CT molecular complexity index is 2160. The molecule has 4 aromatic heterocycles. The fraction of sp³-hybridized carbons (Fsp3) is 0.0645. The molecule has 7 aromatic rings. The maximum atomic E-state index is 14.1. The number of nitrogens with zero attached hydrogens (tertiary/aromatic N) is 6. The van der Waals surface area contributed by atoms with Gasteiger partial charge in [0.1, 0.15) is 17.3 Å². The molecule has 10 nitrogen and oxygen atoms in total. The highest BCUT2D eigenvalue weighted by molar-refractivity contribution is 7.83. The molecule has 42 heavy (non-hydrogen) atoms. The maximum Gasteiger partial charge on any atom is 0.215 e. The molecule has 0 aliphatic rings. The van der Waals surface area contributed by atoms with Crippen LogP contribution < -0.4 is 5.73 Å². The van der Waals surface area contributed by atoms with Crippen LogP contribution in [0.3, 0.4) is 0 Å².